The Balaban J connectivity index is 2.14. The van der Waals surface area contributed by atoms with Gasteiger partial charge in [-0.3, -0.25) is 14.9 Å². The van der Waals surface area contributed by atoms with Crippen molar-refractivity contribution in [2.75, 3.05) is 0 Å². The molecule has 1 saturated heterocycles. The Bertz CT molecular complexity index is 373. The largest absolute Gasteiger partial charge is 0.480 e. The minimum absolute atomic E-state index is 0.0314. The van der Waals surface area contributed by atoms with Crippen LogP contribution in [0.15, 0.2) is 16.9 Å². The van der Waals surface area contributed by atoms with Gasteiger partial charge in [0.15, 0.2) is 0 Å². The molecule has 2 unspecified atom stereocenters. The molecular weight excluding hydrogens is 200 g/mol. The summed E-state index contributed by atoms with van der Waals surface area (Å²) in [4.78, 5) is 22.1. The van der Waals surface area contributed by atoms with Crippen molar-refractivity contribution in [3.63, 3.8) is 0 Å². The van der Waals surface area contributed by atoms with E-state index in [1.807, 2.05) is 0 Å². The Kier molecular flexibility index (Phi) is 2.51. The number of ketones is 1. The van der Waals surface area contributed by atoms with Crippen LogP contribution in [0.3, 0.4) is 0 Å². The van der Waals surface area contributed by atoms with Gasteiger partial charge in [0.2, 0.25) is 0 Å². The lowest BCUT2D eigenvalue weighted by Crippen LogP contribution is -2.45. The molecule has 2 heterocycles. The molecule has 2 N–H and O–H groups in total. The summed E-state index contributed by atoms with van der Waals surface area (Å²) < 4.78 is 4.65. The van der Waals surface area contributed by atoms with Gasteiger partial charge in [-0.25, -0.2) is 0 Å². The van der Waals surface area contributed by atoms with Crippen molar-refractivity contribution in [1.29, 1.82) is 0 Å². The Morgan fingerprint density at radius 3 is 3.00 bits per heavy atom. The number of hydrogen-bond donors (Lipinski definition) is 2. The number of nitrogens with zero attached hydrogens (tertiary/aromatic N) is 1. The van der Waals surface area contributed by atoms with E-state index in [1.165, 1.54) is 6.26 Å². The second-order valence-electron chi connectivity index (χ2n) is 3.48. The first kappa shape index (κ1) is 9.85. The molecule has 0 saturated carbocycles. The number of carboxylic acid groups (broad SMARTS) is 1. The fourth-order valence-electron chi connectivity index (χ4n) is 1.65. The van der Waals surface area contributed by atoms with Crippen molar-refractivity contribution in [2.24, 2.45) is 0 Å². The maximum Gasteiger partial charge on any atom is 0.321 e. The SMILES string of the molecule is O=C1CC(C(=O)O)NC(c2ccon2)C1. The fraction of sp³-hybridized carbons (Fsp3) is 0.444. The van der Waals surface area contributed by atoms with Gasteiger partial charge in [0.1, 0.15) is 23.8 Å². The van der Waals surface area contributed by atoms with Gasteiger partial charge in [0, 0.05) is 18.9 Å². The molecule has 6 nitrogen and oxygen atoms in total. The summed E-state index contributed by atoms with van der Waals surface area (Å²) in [6.07, 6.45) is 1.69. The molecule has 1 aromatic rings. The summed E-state index contributed by atoms with van der Waals surface area (Å²) in [6, 6.07) is 0.439. The normalized spacial score (nSPS) is 26.5. The molecule has 15 heavy (non-hydrogen) atoms. The van der Waals surface area contributed by atoms with Gasteiger partial charge in [-0.15, -0.1) is 0 Å². The van der Waals surface area contributed by atoms with Crippen LogP contribution in [0.2, 0.25) is 0 Å². The lowest BCUT2D eigenvalue weighted by molar-refractivity contribution is -0.143. The van der Waals surface area contributed by atoms with E-state index >= 15 is 0 Å². The van der Waals surface area contributed by atoms with Crippen LogP contribution in [-0.2, 0) is 9.59 Å². The molecule has 0 spiro atoms. The lowest BCUT2D eigenvalue weighted by atomic mass is 9.95. The average Bonchev–Trinajstić information content (AvgIpc) is 2.69. The molecular formula is C9H10N2O4. The third-order valence-corrected chi connectivity index (χ3v) is 2.38. The van der Waals surface area contributed by atoms with Gasteiger partial charge in [-0.1, -0.05) is 5.16 Å². The van der Waals surface area contributed by atoms with Crippen molar-refractivity contribution >= 4 is 11.8 Å². The third kappa shape index (κ3) is 2.04. The average molecular weight is 210 g/mol. The van der Waals surface area contributed by atoms with Crippen molar-refractivity contribution < 1.29 is 19.2 Å². The first-order valence-corrected chi connectivity index (χ1v) is 4.57. The zero-order valence-electron chi connectivity index (χ0n) is 7.84. The molecule has 0 radical (unpaired) electrons. The van der Waals surface area contributed by atoms with Crippen LogP contribution in [0, 0.1) is 0 Å². The van der Waals surface area contributed by atoms with Gasteiger partial charge in [0.25, 0.3) is 0 Å². The Labute approximate surface area is 85.2 Å². The summed E-state index contributed by atoms with van der Waals surface area (Å²) in [7, 11) is 0. The number of aliphatic carboxylic acids is 1. The molecule has 1 aliphatic heterocycles. The summed E-state index contributed by atoms with van der Waals surface area (Å²) in [5.74, 6) is -1.09. The van der Waals surface area contributed by atoms with Crippen molar-refractivity contribution in [2.45, 2.75) is 24.9 Å². The highest BCUT2D eigenvalue weighted by Gasteiger charge is 2.32. The molecule has 1 aliphatic rings. The molecule has 1 aromatic heterocycles. The summed E-state index contributed by atoms with van der Waals surface area (Å²) in [6.45, 7) is 0. The number of aromatic nitrogens is 1. The van der Waals surface area contributed by atoms with E-state index in [4.69, 9.17) is 5.11 Å². The summed E-state index contributed by atoms with van der Waals surface area (Å²) >= 11 is 0. The Morgan fingerprint density at radius 2 is 2.40 bits per heavy atom. The molecule has 6 heteroatoms. The topological polar surface area (TPSA) is 92.4 Å². The number of Topliss-reactive ketones (excluding diaryl/α,β-unsaturated/α-hetero) is 1. The van der Waals surface area contributed by atoms with Crippen LogP contribution in [0.5, 0.6) is 0 Å². The predicted octanol–water partition coefficient (Wildman–Crippen LogP) is 0.121. The van der Waals surface area contributed by atoms with E-state index in [2.05, 4.69) is 15.0 Å². The van der Waals surface area contributed by atoms with Crippen LogP contribution in [0.1, 0.15) is 24.6 Å². The molecule has 0 aromatic carbocycles. The van der Waals surface area contributed by atoms with E-state index in [9.17, 15) is 9.59 Å². The maximum absolute atomic E-state index is 11.3. The van der Waals surface area contributed by atoms with Crippen LogP contribution in [-0.4, -0.2) is 28.1 Å². The highest BCUT2D eigenvalue weighted by atomic mass is 16.5. The van der Waals surface area contributed by atoms with E-state index < -0.39 is 12.0 Å². The molecule has 2 rings (SSSR count). The first-order chi connectivity index (χ1) is 7.16. The molecule has 0 bridgehead atoms. The lowest BCUT2D eigenvalue weighted by Gasteiger charge is -2.25. The zero-order chi connectivity index (χ0) is 10.8. The number of piperidine rings is 1. The number of carboxylic acids is 1. The maximum atomic E-state index is 11.3. The van der Waals surface area contributed by atoms with Gasteiger partial charge >= 0.3 is 5.97 Å². The monoisotopic (exact) mass is 210 g/mol. The van der Waals surface area contributed by atoms with Crippen molar-refractivity contribution in [3.05, 3.63) is 18.0 Å². The zero-order valence-corrected chi connectivity index (χ0v) is 7.84. The van der Waals surface area contributed by atoms with Crippen LogP contribution >= 0.6 is 0 Å². The van der Waals surface area contributed by atoms with Gasteiger partial charge in [0.05, 0.1) is 6.04 Å². The third-order valence-electron chi connectivity index (χ3n) is 2.38. The second kappa shape index (κ2) is 3.82. The van der Waals surface area contributed by atoms with Gasteiger partial charge in [-0.2, -0.15) is 0 Å². The van der Waals surface area contributed by atoms with Crippen molar-refractivity contribution in [3.8, 4) is 0 Å². The number of hydrogen-bond acceptors (Lipinski definition) is 5. The molecule has 0 amide bonds. The number of carbonyl (C=O) groups excluding carboxylic acids is 1. The first-order valence-electron chi connectivity index (χ1n) is 4.57. The van der Waals surface area contributed by atoms with Crippen LogP contribution in [0.4, 0.5) is 0 Å². The van der Waals surface area contributed by atoms with E-state index in [0.29, 0.717) is 5.69 Å². The minimum atomic E-state index is -1.02. The smallest absolute Gasteiger partial charge is 0.321 e. The molecule has 80 valence electrons. The predicted molar refractivity (Wildman–Crippen MR) is 48.0 cm³/mol. The standard InChI is InChI=1S/C9H10N2O4/c12-5-3-7(6-1-2-15-11-6)10-8(4-5)9(13)14/h1-2,7-8,10H,3-4H2,(H,13,14). The highest BCUT2D eigenvalue weighted by Crippen LogP contribution is 2.22. The van der Waals surface area contributed by atoms with Gasteiger partial charge < -0.3 is 9.63 Å². The fourth-order valence-corrected chi connectivity index (χ4v) is 1.65. The molecule has 1 fully saturated rings. The molecule has 0 aliphatic carbocycles. The number of nitrogens with one attached hydrogen (secondary N) is 1. The minimum Gasteiger partial charge on any atom is -0.480 e. The summed E-state index contributed by atoms with van der Waals surface area (Å²) in [5, 5.41) is 15.3. The van der Waals surface area contributed by atoms with E-state index in [0.717, 1.165) is 0 Å². The molecule has 2 atom stereocenters. The Morgan fingerprint density at radius 1 is 1.60 bits per heavy atom. The quantitative estimate of drug-likeness (QED) is 0.720. The number of rotatable bonds is 2. The van der Waals surface area contributed by atoms with E-state index in [1.54, 1.807) is 6.07 Å². The van der Waals surface area contributed by atoms with Crippen LogP contribution in [0.25, 0.3) is 0 Å². The van der Waals surface area contributed by atoms with Gasteiger partial charge in [-0.05, 0) is 0 Å². The van der Waals surface area contributed by atoms with E-state index in [-0.39, 0.29) is 24.7 Å². The number of carbonyl (C=O) groups is 2. The second-order valence-corrected chi connectivity index (χ2v) is 3.48. The summed E-state index contributed by atoms with van der Waals surface area (Å²) in [5.41, 5.74) is 0.564. The van der Waals surface area contributed by atoms with Crippen molar-refractivity contribution in [1.82, 2.24) is 10.5 Å². The highest BCUT2D eigenvalue weighted by molar-refractivity contribution is 5.87. The van der Waals surface area contributed by atoms with Crippen LogP contribution < -0.4 is 5.32 Å². The Hall–Kier alpha value is -1.69.